The largest absolute Gasteiger partial charge is 0.354 e. The summed E-state index contributed by atoms with van der Waals surface area (Å²) in [5, 5.41) is 6.16. The summed E-state index contributed by atoms with van der Waals surface area (Å²) < 4.78 is 0. The number of carbonyl (C=O) groups is 1. The zero-order valence-electron chi connectivity index (χ0n) is 11.8. The lowest BCUT2D eigenvalue weighted by Crippen LogP contribution is -2.42. The van der Waals surface area contributed by atoms with Gasteiger partial charge in [-0.2, -0.15) is 0 Å². The molecule has 0 radical (unpaired) electrons. The summed E-state index contributed by atoms with van der Waals surface area (Å²) in [5.74, 6) is 0.0734. The fourth-order valence-electron chi connectivity index (χ4n) is 1.76. The Bertz CT molecular complexity index is 382. The number of aryl methyl sites for hydroxylation is 1. The van der Waals surface area contributed by atoms with Crippen LogP contribution < -0.4 is 10.6 Å². The van der Waals surface area contributed by atoms with Crippen LogP contribution in [-0.4, -0.2) is 25.5 Å². The third-order valence-electron chi connectivity index (χ3n) is 3.18. The van der Waals surface area contributed by atoms with Crippen LogP contribution in [0.4, 0.5) is 0 Å². The van der Waals surface area contributed by atoms with E-state index in [0.29, 0.717) is 6.54 Å². The second-order valence-corrected chi connectivity index (χ2v) is 5.10. The second-order valence-electron chi connectivity index (χ2n) is 5.10. The van der Waals surface area contributed by atoms with Crippen LogP contribution in [0.1, 0.15) is 31.9 Å². The zero-order valence-corrected chi connectivity index (χ0v) is 11.8. The zero-order chi connectivity index (χ0) is 13.6. The highest BCUT2D eigenvalue weighted by Gasteiger charge is 2.29. The van der Waals surface area contributed by atoms with Gasteiger partial charge in [0.15, 0.2) is 0 Å². The standard InChI is InChI=1S/C15H24N2O/c1-5-16-10-11-17-14(18)15(3,4)13-8-6-12(2)7-9-13/h6-9,16H,5,10-11H2,1-4H3,(H,17,18). The Kier molecular flexibility index (Phi) is 5.35. The number of benzene rings is 1. The molecule has 0 aliphatic carbocycles. The second kappa shape index (κ2) is 6.55. The monoisotopic (exact) mass is 248 g/mol. The molecule has 0 aliphatic rings. The van der Waals surface area contributed by atoms with Gasteiger partial charge in [0.1, 0.15) is 0 Å². The highest BCUT2D eigenvalue weighted by Crippen LogP contribution is 2.23. The van der Waals surface area contributed by atoms with E-state index in [4.69, 9.17) is 0 Å². The Hall–Kier alpha value is -1.35. The van der Waals surface area contributed by atoms with Crippen LogP contribution in [0.15, 0.2) is 24.3 Å². The molecule has 0 bridgehead atoms. The van der Waals surface area contributed by atoms with Crippen molar-refractivity contribution in [3.8, 4) is 0 Å². The number of hydrogen-bond acceptors (Lipinski definition) is 2. The first kappa shape index (κ1) is 14.7. The quantitative estimate of drug-likeness (QED) is 0.756. The molecule has 18 heavy (non-hydrogen) atoms. The van der Waals surface area contributed by atoms with Crippen molar-refractivity contribution >= 4 is 5.91 Å². The highest BCUT2D eigenvalue weighted by atomic mass is 16.2. The number of rotatable bonds is 6. The SMILES string of the molecule is CCNCCNC(=O)C(C)(C)c1ccc(C)cc1. The van der Waals surface area contributed by atoms with Gasteiger partial charge < -0.3 is 10.6 Å². The number of hydrogen-bond donors (Lipinski definition) is 2. The van der Waals surface area contributed by atoms with E-state index in [-0.39, 0.29) is 5.91 Å². The Labute approximate surface area is 110 Å². The van der Waals surface area contributed by atoms with Crippen LogP contribution in [0, 0.1) is 6.92 Å². The summed E-state index contributed by atoms with van der Waals surface area (Å²) in [5.41, 5.74) is 1.77. The van der Waals surface area contributed by atoms with E-state index in [2.05, 4.69) is 17.6 Å². The van der Waals surface area contributed by atoms with Crippen LogP contribution in [0.25, 0.3) is 0 Å². The molecule has 2 N–H and O–H groups in total. The van der Waals surface area contributed by atoms with Gasteiger partial charge in [-0.3, -0.25) is 4.79 Å². The van der Waals surface area contributed by atoms with Crippen molar-refractivity contribution in [1.29, 1.82) is 0 Å². The summed E-state index contributed by atoms with van der Waals surface area (Å²) in [4.78, 5) is 12.2. The lowest BCUT2D eigenvalue weighted by atomic mass is 9.83. The van der Waals surface area contributed by atoms with Gasteiger partial charge in [0.05, 0.1) is 5.41 Å². The van der Waals surface area contributed by atoms with Crippen LogP contribution in [0.2, 0.25) is 0 Å². The van der Waals surface area contributed by atoms with Crippen LogP contribution in [0.5, 0.6) is 0 Å². The fraction of sp³-hybridized carbons (Fsp3) is 0.533. The van der Waals surface area contributed by atoms with Gasteiger partial charge in [-0.25, -0.2) is 0 Å². The summed E-state index contributed by atoms with van der Waals surface area (Å²) in [6.45, 7) is 10.4. The van der Waals surface area contributed by atoms with Gasteiger partial charge in [0.25, 0.3) is 0 Å². The number of nitrogens with one attached hydrogen (secondary N) is 2. The average molecular weight is 248 g/mol. The molecule has 0 heterocycles. The lowest BCUT2D eigenvalue weighted by Gasteiger charge is -2.24. The minimum Gasteiger partial charge on any atom is -0.354 e. The highest BCUT2D eigenvalue weighted by molar-refractivity contribution is 5.87. The molecule has 1 aromatic rings. The molecule has 0 aliphatic heterocycles. The molecule has 0 spiro atoms. The lowest BCUT2D eigenvalue weighted by molar-refractivity contribution is -0.125. The molecule has 0 aromatic heterocycles. The van der Waals surface area contributed by atoms with Gasteiger partial charge >= 0.3 is 0 Å². The summed E-state index contributed by atoms with van der Waals surface area (Å²) in [6.07, 6.45) is 0. The molecule has 3 heteroatoms. The van der Waals surface area contributed by atoms with Crippen LogP contribution in [0.3, 0.4) is 0 Å². The van der Waals surface area contributed by atoms with Crippen molar-refractivity contribution in [2.45, 2.75) is 33.1 Å². The summed E-state index contributed by atoms with van der Waals surface area (Å²) >= 11 is 0. The number of likely N-dealkylation sites (N-methyl/N-ethyl adjacent to an activating group) is 1. The molecule has 0 saturated heterocycles. The van der Waals surface area contributed by atoms with Gasteiger partial charge in [0.2, 0.25) is 5.91 Å². The molecular weight excluding hydrogens is 224 g/mol. The van der Waals surface area contributed by atoms with Crippen LogP contribution in [-0.2, 0) is 10.2 Å². The third-order valence-corrected chi connectivity index (χ3v) is 3.18. The van der Waals surface area contributed by atoms with Gasteiger partial charge in [-0.15, -0.1) is 0 Å². The van der Waals surface area contributed by atoms with Crippen molar-refractivity contribution in [3.63, 3.8) is 0 Å². The molecule has 0 atom stereocenters. The Morgan fingerprint density at radius 2 is 1.78 bits per heavy atom. The van der Waals surface area contributed by atoms with Crippen molar-refractivity contribution < 1.29 is 4.79 Å². The molecule has 100 valence electrons. The first-order valence-electron chi connectivity index (χ1n) is 6.54. The topological polar surface area (TPSA) is 41.1 Å². The van der Waals surface area contributed by atoms with E-state index in [1.807, 2.05) is 45.0 Å². The van der Waals surface area contributed by atoms with E-state index in [9.17, 15) is 4.79 Å². The molecule has 1 rings (SSSR count). The normalized spacial score (nSPS) is 11.3. The molecule has 1 amide bonds. The average Bonchev–Trinajstić information content (AvgIpc) is 2.35. The summed E-state index contributed by atoms with van der Waals surface area (Å²) in [6, 6.07) is 8.14. The maximum atomic E-state index is 12.2. The van der Waals surface area contributed by atoms with E-state index < -0.39 is 5.41 Å². The van der Waals surface area contributed by atoms with E-state index in [0.717, 1.165) is 18.7 Å². The molecule has 0 unspecified atom stereocenters. The molecule has 3 nitrogen and oxygen atoms in total. The van der Waals surface area contributed by atoms with Gasteiger partial charge in [0, 0.05) is 13.1 Å². The van der Waals surface area contributed by atoms with Crippen LogP contribution >= 0.6 is 0 Å². The first-order chi connectivity index (χ1) is 8.48. The van der Waals surface area contributed by atoms with E-state index in [1.54, 1.807) is 0 Å². The van der Waals surface area contributed by atoms with Crippen molar-refractivity contribution in [2.24, 2.45) is 0 Å². The van der Waals surface area contributed by atoms with E-state index in [1.165, 1.54) is 5.56 Å². The van der Waals surface area contributed by atoms with Gasteiger partial charge in [-0.1, -0.05) is 36.8 Å². The first-order valence-corrected chi connectivity index (χ1v) is 6.54. The van der Waals surface area contributed by atoms with E-state index >= 15 is 0 Å². The number of carbonyl (C=O) groups excluding carboxylic acids is 1. The third kappa shape index (κ3) is 3.84. The maximum absolute atomic E-state index is 12.2. The molecule has 0 saturated carbocycles. The van der Waals surface area contributed by atoms with Crippen molar-refractivity contribution in [1.82, 2.24) is 10.6 Å². The Balaban J connectivity index is 2.61. The minimum atomic E-state index is -0.486. The van der Waals surface area contributed by atoms with Crippen molar-refractivity contribution in [3.05, 3.63) is 35.4 Å². The molecule has 0 fully saturated rings. The van der Waals surface area contributed by atoms with Gasteiger partial charge in [-0.05, 0) is 32.9 Å². The fourth-order valence-corrected chi connectivity index (χ4v) is 1.76. The Morgan fingerprint density at radius 3 is 2.33 bits per heavy atom. The predicted octanol–water partition coefficient (Wildman–Crippen LogP) is 2.00. The predicted molar refractivity (Wildman–Crippen MR) is 75.8 cm³/mol. The Morgan fingerprint density at radius 1 is 1.17 bits per heavy atom. The maximum Gasteiger partial charge on any atom is 0.230 e. The molecule has 1 aromatic carbocycles. The summed E-state index contributed by atoms with van der Waals surface area (Å²) in [7, 11) is 0. The minimum absolute atomic E-state index is 0.0734. The van der Waals surface area contributed by atoms with Crippen molar-refractivity contribution in [2.75, 3.05) is 19.6 Å². The molecular formula is C15H24N2O. The smallest absolute Gasteiger partial charge is 0.230 e. The number of amides is 1.